The smallest absolute Gasteiger partial charge is 0.224 e. The molecule has 0 fully saturated rings. The Bertz CT molecular complexity index is 369. The number of hydrogen-bond acceptors (Lipinski definition) is 3. The van der Waals surface area contributed by atoms with Crippen molar-refractivity contribution in [3.05, 3.63) is 24.3 Å². The van der Waals surface area contributed by atoms with E-state index >= 15 is 0 Å². The van der Waals surface area contributed by atoms with Gasteiger partial charge in [0, 0.05) is 11.3 Å². The Morgan fingerprint density at radius 2 is 1.94 bits per heavy atom. The lowest BCUT2D eigenvalue weighted by Crippen LogP contribution is -2.11. The summed E-state index contributed by atoms with van der Waals surface area (Å²) in [5.74, 6) is 0.101. The number of para-hydroxylation sites is 1. The molecule has 0 atom stereocenters. The van der Waals surface area contributed by atoms with Gasteiger partial charge in [-0.3, -0.25) is 4.79 Å². The zero-order valence-corrected chi connectivity index (χ0v) is 11.8. The lowest BCUT2D eigenvalue weighted by atomic mass is 10.1. The van der Waals surface area contributed by atoms with Crippen molar-refractivity contribution in [2.45, 2.75) is 37.0 Å². The minimum absolute atomic E-state index is 0.101. The van der Waals surface area contributed by atoms with Crippen molar-refractivity contribution in [3.63, 3.8) is 0 Å². The van der Waals surface area contributed by atoms with Crippen molar-refractivity contribution in [1.82, 2.24) is 0 Å². The molecule has 3 N–H and O–H groups in total. The number of unbranched alkanes of at least 4 members (excludes halogenated alkanes) is 3. The number of anilines is 1. The van der Waals surface area contributed by atoms with Crippen LogP contribution in [0.2, 0.25) is 0 Å². The molecule has 100 valence electrons. The zero-order valence-electron chi connectivity index (χ0n) is 10.9. The average Bonchev–Trinajstić information content (AvgIpc) is 2.39. The molecule has 0 aliphatic rings. The van der Waals surface area contributed by atoms with E-state index in [0.717, 1.165) is 42.8 Å². The van der Waals surface area contributed by atoms with Crippen LogP contribution in [0, 0.1) is 0 Å². The Kier molecular flexibility index (Phi) is 7.53. The Labute approximate surface area is 114 Å². The van der Waals surface area contributed by atoms with Crippen LogP contribution in [0.15, 0.2) is 29.2 Å². The minimum atomic E-state index is 0.101. The first kappa shape index (κ1) is 15.1. The largest absolute Gasteiger partial charge is 0.330 e. The third-order valence-corrected chi connectivity index (χ3v) is 3.53. The van der Waals surface area contributed by atoms with E-state index in [-0.39, 0.29) is 5.91 Å². The van der Waals surface area contributed by atoms with E-state index in [0.29, 0.717) is 6.42 Å². The summed E-state index contributed by atoms with van der Waals surface area (Å²) in [6, 6.07) is 7.88. The molecule has 0 aliphatic carbocycles. The summed E-state index contributed by atoms with van der Waals surface area (Å²) in [5.41, 5.74) is 6.34. The zero-order chi connectivity index (χ0) is 13.2. The molecule has 18 heavy (non-hydrogen) atoms. The average molecular weight is 266 g/mol. The van der Waals surface area contributed by atoms with Crippen LogP contribution < -0.4 is 11.1 Å². The first-order valence-corrected chi connectivity index (χ1v) is 7.63. The summed E-state index contributed by atoms with van der Waals surface area (Å²) in [7, 11) is 0. The Balaban J connectivity index is 2.31. The van der Waals surface area contributed by atoms with Gasteiger partial charge < -0.3 is 11.1 Å². The molecule has 0 saturated heterocycles. The number of carbonyl (C=O) groups excluding carboxylic acids is 1. The Morgan fingerprint density at radius 1 is 1.22 bits per heavy atom. The van der Waals surface area contributed by atoms with Crippen LogP contribution in [0.4, 0.5) is 5.69 Å². The van der Waals surface area contributed by atoms with Gasteiger partial charge in [0.1, 0.15) is 0 Å². The quantitative estimate of drug-likeness (QED) is 0.561. The standard InChI is InChI=1S/C14H22N2OS/c1-18-13-9-6-5-8-12(13)16-14(17)10-4-2-3-7-11-15/h5-6,8-9H,2-4,7,10-11,15H2,1H3,(H,16,17). The topological polar surface area (TPSA) is 55.1 Å². The maximum absolute atomic E-state index is 11.8. The first-order valence-electron chi connectivity index (χ1n) is 6.41. The Morgan fingerprint density at radius 3 is 2.67 bits per heavy atom. The summed E-state index contributed by atoms with van der Waals surface area (Å²) in [6.45, 7) is 0.743. The van der Waals surface area contributed by atoms with Crippen molar-refractivity contribution in [2.75, 3.05) is 18.1 Å². The summed E-state index contributed by atoms with van der Waals surface area (Å²) in [4.78, 5) is 12.9. The van der Waals surface area contributed by atoms with E-state index in [4.69, 9.17) is 5.73 Å². The fraction of sp³-hybridized carbons (Fsp3) is 0.500. The maximum Gasteiger partial charge on any atom is 0.224 e. The van der Waals surface area contributed by atoms with Crippen LogP contribution >= 0.6 is 11.8 Å². The van der Waals surface area contributed by atoms with Crippen LogP contribution in [0.3, 0.4) is 0 Å². The number of nitrogens with two attached hydrogens (primary N) is 1. The molecule has 1 amide bonds. The van der Waals surface area contributed by atoms with Crippen molar-refractivity contribution < 1.29 is 4.79 Å². The van der Waals surface area contributed by atoms with Gasteiger partial charge in [-0.15, -0.1) is 11.8 Å². The van der Waals surface area contributed by atoms with Crippen molar-refractivity contribution >= 4 is 23.4 Å². The molecule has 0 heterocycles. The molecule has 0 bridgehead atoms. The first-order chi connectivity index (χ1) is 8.77. The number of carbonyl (C=O) groups is 1. The summed E-state index contributed by atoms with van der Waals surface area (Å²) >= 11 is 1.64. The molecule has 0 spiro atoms. The molecule has 0 aliphatic heterocycles. The normalized spacial score (nSPS) is 10.3. The second kappa shape index (κ2) is 9.00. The van der Waals surface area contributed by atoms with Crippen LogP contribution in [0.1, 0.15) is 32.1 Å². The van der Waals surface area contributed by atoms with Gasteiger partial charge in [-0.2, -0.15) is 0 Å². The van der Waals surface area contributed by atoms with Crippen LogP contribution in [-0.4, -0.2) is 18.7 Å². The van der Waals surface area contributed by atoms with Gasteiger partial charge in [-0.25, -0.2) is 0 Å². The molecule has 1 rings (SSSR count). The van der Waals surface area contributed by atoms with E-state index in [1.807, 2.05) is 30.5 Å². The van der Waals surface area contributed by atoms with Gasteiger partial charge >= 0.3 is 0 Å². The summed E-state index contributed by atoms with van der Waals surface area (Å²) in [6.07, 6.45) is 6.79. The van der Waals surface area contributed by atoms with Crippen LogP contribution in [-0.2, 0) is 4.79 Å². The SMILES string of the molecule is CSc1ccccc1NC(=O)CCCCCCN. The number of nitrogens with one attached hydrogen (secondary N) is 1. The highest BCUT2D eigenvalue weighted by Crippen LogP contribution is 2.24. The highest BCUT2D eigenvalue weighted by Gasteiger charge is 2.05. The van der Waals surface area contributed by atoms with Gasteiger partial charge in [0.05, 0.1) is 5.69 Å². The van der Waals surface area contributed by atoms with Crippen LogP contribution in [0.5, 0.6) is 0 Å². The van der Waals surface area contributed by atoms with Gasteiger partial charge in [0.2, 0.25) is 5.91 Å². The van der Waals surface area contributed by atoms with Gasteiger partial charge in [-0.1, -0.05) is 25.0 Å². The Hall–Kier alpha value is -1.00. The molecule has 4 heteroatoms. The molecule has 1 aromatic rings. The highest BCUT2D eigenvalue weighted by molar-refractivity contribution is 7.98. The number of benzene rings is 1. The predicted octanol–water partition coefficient (Wildman–Crippen LogP) is 3.26. The van der Waals surface area contributed by atoms with Gasteiger partial charge in [0.25, 0.3) is 0 Å². The monoisotopic (exact) mass is 266 g/mol. The molecule has 3 nitrogen and oxygen atoms in total. The molecule has 1 aromatic carbocycles. The fourth-order valence-corrected chi connectivity index (χ4v) is 2.30. The molecule has 0 unspecified atom stereocenters. The van der Waals surface area contributed by atoms with E-state index < -0.39 is 0 Å². The van der Waals surface area contributed by atoms with Crippen molar-refractivity contribution in [1.29, 1.82) is 0 Å². The summed E-state index contributed by atoms with van der Waals surface area (Å²) < 4.78 is 0. The van der Waals surface area contributed by atoms with Gasteiger partial charge in [0.15, 0.2) is 0 Å². The highest BCUT2D eigenvalue weighted by atomic mass is 32.2. The molecular formula is C14H22N2OS. The van der Waals surface area contributed by atoms with Crippen molar-refractivity contribution in [3.8, 4) is 0 Å². The molecule has 0 saturated carbocycles. The number of thioether (sulfide) groups is 1. The van der Waals surface area contributed by atoms with Crippen LogP contribution in [0.25, 0.3) is 0 Å². The molecule has 0 radical (unpaired) electrons. The maximum atomic E-state index is 11.8. The second-order valence-electron chi connectivity index (χ2n) is 4.20. The third kappa shape index (κ3) is 5.56. The lowest BCUT2D eigenvalue weighted by molar-refractivity contribution is -0.116. The van der Waals surface area contributed by atoms with E-state index in [1.165, 1.54) is 0 Å². The number of hydrogen-bond donors (Lipinski definition) is 2. The van der Waals surface area contributed by atoms with Gasteiger partial charge in [-0.05, 0) is 37.8 Å². The molecular weight excluding hydrogens is 244 g/mol. The third-order valence-electron chi connectivity index (χ3n) is 2.74. The van der Waals surface area contributed by atoms with E-state index in [2.05, 4.69) is 5.32 Å². The van der Waals surface area contributed by atoms with Crippen molar-refractivity contribution in [2.24, 2.45) is 5.73 Å². The second-order valence-corrected chi connectivity index (χ2v) is 5.05. The number of rotatable bonds is 8. The summed E-state index contributed by atoms with van der Waals surface area (Å²) in [5, 5.41) is 2.97. The fourth-order valence-electron chi connectivity index (χ4n) is 1.74. The minimum Gasteiger partial charge on any atom is -0.330 e. The lowest BCUT2D eigenvalue weighted by Gasteiger charge is -2.08. The number of amides is 1. The van der Waals surface area contributed by atoms with E-state index in [1.54, 1.807) is 11.8 Å². The predicted molar refractivity (Wildman–Crippen MR) is 79.0 cm³/mol. The van der Waals surface area contributed by atoms with E-state index in [9.17, 15) is 4.79 Å². The molecule has 0 aromatic heterocycles.